The molecular formula is C24H30N6OS. The minimum Gasteiger partial charge on any atom is -0.383 e. The van der Waals surface area contributed by atoms with Crippen LogP contribution in [0.2, 0.25) is 0 Å². The zero-order valence-electron chi connectivity index (χ0n) is 18.2. The summed E-state index contributed by atoms with van der Waals surface area (Å²) in [6.07, 6.45) is 10.4. The van der Waals surface area contributed by atoms with Gasteiger partial charge < -0.3 is 16.0 Å². The normalized spacial score (nSPS) is 19.1. The first kappa shape index (κ1) is 22.4. The molecule has 7 nitrogen and oxygen atoms in total. The molecule has 0 unspecified atom stereocenters. The molecule has 1 aromatic heterocycles. The number of aliphatic imine (C=N–C) groups is 1. The second-order valence-electron chi connectivity index (χ2n) is 8.72. The van der Waals surface area contributed by atoms with Crippen molar-refractivity contribution >= 4 is 29.2 Å². The molecule has 32 heavy (non-hydrogen) atoms. The number of nitrogens with one attached hydrogen (secondary N) is 2. The molecule has 2 saturated carbocycles. The number of hydrogen-bond acceptors (Lipinski definition) is 6. The van der Waals surface area contributed by atoms with Crippen LogP contribution in [0.1, 0.15) is 56.1 Å². The Morgan fingerprint density at radius 2 is 2.00 bits per heavy atom. The van der Waals surface area contributed by atoms with Gasteiger partial charge >= 0.3 is 0 Å². The summed E-state index contributed by atoms with van der Waals surface area (Å²) >= 11 is 1.84. The number of amidine groups is 1. The zero-order chi connectivity index (χ0) is 22.5. The third-order valence-corrected chi connectivity index (χ3v) is 7.34. The summed E-state index contributed by atoms with van der Waals surface area (Å²) in [6.45, 7) is 5.61. The minimum atomic E-state index is -0.204. The quantitative estimate of drug-likeness (QED) is 0.339. The summed E-state index contributed by atoms with van der Waals surface area (Å²) in [5, 5.41) is 10.0. The van der Waals surface area contributed by atoms with Crippen molar-refractivity contribution in [3.8, 4) is 6.57 Å². The van der Waals surface area contributed by atoms with Gasteiger partial charge in [0.25, 0.3) is 5.56 Å². The SMILES string of the molecule is C#N.NC(=Nc1ccc2c(c1)CN(CC1CC1)S2)c1c(NC2CCCCC2)cc[nH]c1=O. The van der Waals surface area contributed by atoms with Gasteiger partial charge in [0.05, 0.1) is 11.4 Å². The molecule has 3 aliphatic rings. The van der Waals surface area contributed by atoms with E-state index in [2.05, 4.69) is 38.3 Å². The third-order valence-electron chi connectivity index (χ3n) is 6.21. The Kier molecular flexibility index (Phi) is 7.18. The number of nitrogens with zero attached hydrogens (tertiary/aromatic N) is 3. The highest BCUT2D eigenvalue weighted by molar-refractivity contribution is 7.97. The lowest BCUT2D eigenvalue weighted by Gasteiger charge is -2.24. The van der Waals surface area contributed by atoms with Gasteiger partial charge in [-0.1, -0.05) is 19.3 Å². The van der Waals surface area contributed by atoms with E-state index in [1.165, 1.54) is 42.6 Å². The van der Waals surface area contributed by atoms with Crippen molar-refractivity contribution < 1.29 is 0 Å². The van der Waals surface area contributed by atoms with Gasteiger partial charge in [-0.15, -0.1) is 0 Å². The van der Waals surface area contributed by atoms with Crippen LogP contribution < -0.4 is 16.6 Å². The third kappa shape index (κ3) is 5.34. The van der Waals surface area contributed by atoms with Crippen LogP contribution in [0.5, 0.6) is 0 Å². The van der Waals surface area contributed by atoms with Crippen LogP contribution in [0, 0.1) is 17.8 Å². The average Bonchev–Trinajstić information content (AvgIpc) is 3.52. The van der Waals surface area contributed by atoms with Gasteiger partial charge in [-0.25, -0.2) is 14.6 Å². The molecular weight excluding hydrogens is 420 g/mol. The van der Waals surface area contributed by atoms with Gasteiger partial charge in [0.2, 0.25) is 0 Å². The molecule has 168 valence electrons. The topological polar surface area (TPSA) is 110 Å². The predicted octanol–water partition coefficient (Wildman–Crippen LogP) is 4.53. The van der Waals surface area contributed by atoms with Crippen LogP contribution in [0.3, 0.4) is 0 Å². The highest BCUT2D eigenvalue weighted by Gasteiger charge is 2.28. The smallest absolute Gasteiger partial charge is 0.261 e. The Hall–Kier alpha value is -2.76. The van der Waals surface area contributed by atoms with Gasteiger partial charge in [0.15, 0.2) is 0 Å². The fourth-order valence-electron chi connectivity index (χ4n) is 4.41. The number of aromatic amines is 1. The number of hydrogen-bond donors (Lipinski definition) is 3. The van der Waals surface area contributed by atoms with Crippen molar-refractivity contribution in [2.75, 3.05) is 11.9 Å². The molecule has 1 aromatic carbocycles. The van der Waals surface area contributed by atoms with E-state index in [1.807, 2.05) is 24.1 Å². The van der Waals surface area contributed by atoms with Gasteiger partial charge in [-0.3, -0.25) is 4.79 Å². The van der Waals surface area contributed by atoms with Crippen LogP contribution >= 0.6 is 11.9 Å². The van der Waals surface area contributed by atoms with E-state index in [0.717, 1.165) is 43.2 Å². The molecule has 0 bridgehead atoms. The van der Waals surface area contributed by atoms with E-state index in [9.17, 15) is 4.79 Å². The molecule has 2 fully saturated rings. The molecule has 0 saturated heterocycles. The van der Waals surface area contributed by atoms with Gasteiger partial charge in [0, 0.05) is 36.8 Å². The van der Waals surface area contributed by atoms with Crippen LogP contribution in [-0.2, 0) is 6.54 Å². The summed E-state index contributed by atoms with van der Waals surface area (Å²) in [4.78, 5) is 21.3. The predicted molar refractivity (Wildman–Crippen MR) is 130 cm³/mol. The van der Waals surface area contributed by atoms with Crippen molar-refractivity contribution in [3.63, 3.8) is 0 Å². The first-order valence-electron chi connectivity index (χ1n) is 11.3. The monoisotopic (exact) mass is 450 g/mol. The molecule has 4 N–H and O–H groups in total. The molecule has 1 aliphatic heterocycles. The fourth-order valence-corrected chi connectivity index (χ4v) is 5.55. The lowest BCUT2D eigenvalue weighted by Crippen LogP contribution is -2.29. The number of nitriles is 1. The Balaban J connectivity index is 0.00000119. The Bertz CT molecular complexity index is 1050. The van der Waals surface area contributed by atoms with E-state index in [1.54, 1.807) is 6.20 Å². The number of benzene rings is 1. The molecule has 2 heterocycles. The van der Waals surface area contributed by atoms with E-state index in [-0.39, 0.29) is 11.4 Å². The van der Waals surface area contributed by atoms with Crippen molar-refractivity contribution in [2.24, 2.45) is 16.6 Å². The fraction of sp³-hybridized carbons (Fsp3) is 0.458. The van der Waals surface area contributed by atoms with E-state index < -0.39 is 0 Å². The van der Waals surface area contributed by atoms with Crippen molar-refractivity contribution in [3.05, 3.63) is 51.9 Å². The average molecular weight is 451 g/mol. The molecule has 0 atom stereocenters. The number of nitrogens with two attached hydrogens (primary N) is 1. The molecule has 0 radical (unpaired) electrons. The molecule has 0 amide bonds. The van der Waals surface area contributed by atoms with Crippen molar-refractivity contribution in [2.45, 2.75) is 62.4 Å². The minimum absolute atomic E-state index is 0.204. The maximum atomic E-state index is 12.6. The van der Waals surface area contributed by atoms with Crippen LogP contribution in [0.4, 0.5) is 11.4 Å². The van der Waals surface area contributed by atoms with Gasteiger partial charge in [0.1, 0.15) is 11.4 Å². The van der Waals surface area contributed by atoms with Crippen molar-refractivity contribution in [1.29, 1.82) is 5.26 Å². The number of H-pyrrole nitrogens is 1. The summed E-state index contributed by atoms with van der Waals surface area (Å²) < 4.78 is 2.44. The second kappa shape index (κ2) is 10.2. The summed E-state index contributed by atoms with van der Waals surface area (Å²) in [6, 6.07) is 8.50. The van der Waals surface area contributed by atoms with Crippen molar-refractivity contribution in [1.82, 2.24) is 9.29 Å². The second-order valence-corrected chi connectivity index (χ2v) is 9.86. The number of fused-ring (bicyclic) bond motifs is 1. The van der Waals surface area contributed by atoms with E-state index in [4.69, 9.17) is 11.0 Å². The van der Waals surface area contributed by atoms with E-state index >= 15 is 0 Å². The number of aromatic nitrogens is 1. The number of pyridine rings is 1. The summed E-state index contributed by atoms with van der Waals surface area (Å²) in [5.74, 6) is 1.13. The summed E-state index contributed by atoms with van der Waals surface area (Å²) in [7, 11) is 0. The largest absolute Gasteiger partial charge is 0.383 e. The van der Waals surface area contributed by atoms with Gasteiger partial charge in [-0.05, 0) is 73.4 Å². The first-order valence-corrected chi connectivity index (χ1v) is 12.1. The van der Waals surface area contributed by atoms with Crippen LogP contribution in [0.25, 0.3) is 0 Å². The Morgan fingerprint density at radius 1 is 1.22 bits per heavy atom. The molecule has 0 spiro atoms. The Morgan fingerprint density at radius 3 is 2.75 bits per heavy atom. The first-order chi connectivity index (χ1) is 15.7. The zero-order valence-corrected chi connectivity index (χ0v) is 19.0. The summed E-state index contributed by atoms with van der Waals surface area (Å²) in [5.41, 5.74) is 9.45. The van der Waals surface area contributed by atoms with E-state index in [0.29, 0.717) is 11.6 Å². The number of anilines is 1. The molecule has 2 aliphatic carbocycles. The Labute approximate surface area is 193 Å². The van der Waals surface area contributed by atoms with Crippen LogP contribution in [0.15, 0.2) is 45.1 Å². The van der Waals surface area contributed by atoms with Crippen LogP contribution in [-0.4, -0.2) is 27.7 Å². The highest BCUT2D eigenvalue weighted by Crippen LogP contribution is 2.41. The maximum Gasteiger partial charge on any atom is 0.261 e. The van der Waals surface area contributed by atoms with Gasteiger partial charge in [-0.2, -0.15) is 0 Å². The lowest BCUT2D eigenvalue weighted by molar-refractivity contribution is 0.455. The molecule has 5 rings (SSSR count). The highest BCUT2D eigenvalue weighted by atomic mass is 32.2. The number of rotatable bonds is 6. The standard InChI is InChI=1S/C23H29N5OS.CHN/c24-22(21-19(10-11-25-23(21)29)26-17-4-2-1-3-5-17)27-18-8-9-20-16(12-18)14-28(30-20)13-15-6-7-15;1-2/h8-12,15,17H,1-7,13-14H2,(H2,24,27)(H2,25,26,29);1H. The molecule has 2 aromatic rings. The lowest BCUT2D eigenvalue weighted by atomic mass is 9.95. The maximum absolute atomic E-state index is 12.6. The molecule has 8 heteroatoms.